The highest BCUT2D eigenvalue weighted by Gasteiger charge is 2.26. The Morgan fingerprint density at radius 2 is 2.38 bits per heavy atom. The zero-order chi connectivity index (χ0) is 11.3. The van der Waals surface area contributed by atoms with Gasteiger partial charge in [0.15, 0.2) is 0 Å². The van der Waals surface area contributed by atoms with Gasteiger partial charge in [0, 0.05) is 32.7 Å². The second-order valence-corrected chi connectivity index (χ2v) is 3.87. The summed E-state index contributed by atoms with van der Waals surface area (Å²) in [5.74, 6) is 0.00759. The number of nitrogens with zero attached hydrogens (tertiary/aromatic N) is 1. The number of rotatable bonds is 4. The summed E-state index contributed by atoms with van der Waals surface area (Å²) in [5.41, 5.74) is 5.47. The fourth-order valence-electron chi connectivity index (χ4n) is 1.62. The van der Waals surface area contributed by atoms with Gasteiger partial charge in [-0.25, -0.2) is 0 Å². The molecular weight excluding hydrogens is 232 g/mol. The number of carbonyl (C=O) groups is 1. The molecule has 0 radical (unpaired) electrons. The third kappa shape index (κ3) is 4.25. The van der Waals surface area contributed by atoms with Gasteiger partial charge < -0.3 is 20.1 Å². The van der Waals surface area contributed by atoms with E-state index in [9.17, 15) is 4.79 Å². The van der Waals surface area contributed by atoms with Crippen molar-refractivity contribution in [3.63, 3.8) is 0 Å². The van der Waals surface area contributed by atoms with Crippen molar-refractivity contribution in [3.05, 3.63) is 0 Å². The summed E-state index contributed by atoms with van der Waals surface area (Å²) < 4.78 is 10.5. The number of nitrogens with two attached hydrogens (primary N) is 1. The summed E-state index contributed by atoms with van der Waals surface area (Å²) in [4.78, 5) is 13.6. The zero-order valence-electron chi connectivity index (χ0n) is 9.85. The lowest BCUT2D eigenvalue weighted by molar-refractivity contribution is -0.144. The van der Waals surface area contributed by atoms with Crippen LogP contribution in [0.5, 0.6) is 0 Å². The van der Waals surface area contributed by atoms with Crippen molar-refractivity contribution in [2.75, 3.05) is 40.0 Å². The van der Waals surface area contributed by atoms with Crippen molar-refractivity contribution >= 4 is 18.3 Å². The first-order valence-corrected chi connectivity index (χ1v) is 5.28. The van der Waals surface area contributed by atoms with E-state index in [1.807, 2.05) is 11.8 Å². The lowest BCUT2D eigenvalue weighted by Gasteiger charge is -2.34. The number of ether oxygens (including phenoxy) is 2. The molecular formula is C10H21ClN2O3. The van der Waals surface area contributed by atoms with E-state index >= 15 is 0 Å². The van der Waals surface area contributed by atoms with E-state index in [4.69, 9.17) is 15.2 Å². The van der Waals surface area contributed by atoms with Crippen LogP contribution in [0.4, 0.5) is 0 Å². The summed E-state index contributed by atoms with van der Waals surface area (Å²) >= 11 is 0. The van der Waals surface area contributed by atoms with Crippen molar-refractivity contribution in [1.29, 1.82) is 0 Å². The average molecular weight is 253 g/mol. The number of hydrogen-bond donors (Lipinski definition) is 1. The van der Waals surface area contributed by atoms with Crippen LogP contribution >= 0.6 is 12.4 Å². The smallest absolute Gasteiger partial charge is 0.226 e. The standard InChI is InChI=1S/C10H20N2O3.ClH/c1-8(5-11)10(13)12-3-4-15-9(6-12)7-14-2;/h8-9H,3-7,11H2,1-2H3;1H. The number of methoxy groups -OCH3 is 1. The highest BCUT2D eigenvalue weighted by molar-refractivity contribution is 5.85. The highest BCUT2D eigenvalue weighted by atomic mass is 35.5. The third-order valence-electron chi connectivity index (χ3n) is 2.58. The van der Waals surface area contributed by atoms with Crippen LogP contribution in [0, 0.1) is 5.92 Å². The number of morpholine rings is 1. The monoisotopic (exact) mass is 252 g/mol. The van der Waals surface area contributed by atoms with Gasteiger partial charge in [-0.3, -0.25) is 4.79 Å². The predicted octanol–water partition coefficient (Wildman–Crippen LogP) is -0.123. The summed E-state index contributed by atoms with van der Waals surface area (Å²) in [7, 11) is 1.63. The van der Waals surface area contributed by atoms with Crippen LogP contribution in [-0.4, -0.2) is 56.9 Å². The molecule has 0 spiro atoms. The molecule has 1 aliphatic heterocycles. The second-order valence-electron chi connectivity index (χ2n) is 3.87. The van der Waals surface area contributed by atoms with Crippen LogP contribution < -0.4 is 5.73 Å². The van der Waals surface area contributed by atoms with Gasteiger partial charge in [0.1, 0.15) is 0 Å². The Morgan fingerprint density at radius 1 is 1.69 bits per heavy atom. The van der Waals surface area contributed by atoms with Gasteiger partial charge in [-0.1, -0.05) is 6.92 Å². The molecule has 2 atom stereocenters. The van der Waals surface area contributed by atoms with E-state index in [-0.39, 0.29) is 30.3 Å². The first kappa shape index (κ1) is 15.6. The average Bonchev–Trinajstić information content (AvgIpc) is 2.28. The van der Waals surface area contributed by atoms with Crippen molar-refractivity contribution in [1.82, 2.24) is 4.90 Å². The molecule has 1 amide bonds. The molecule has 0 saturated carbocycles. The number of hydrogen-bond acceptors (Lipinski definition) is 4. The van der Waals surface area contributed by atoms with Crippen molar-refractivity contribution in [2.45, 2.75) is 13.0 Å². The largest absolute Gasteiger partial charge is 0.382 e. The molecule has 1 saturated heterocycles. The Bertz CT molecular complexity index is 214. The molecule has 0 aliphatic carbocycles. The van der Waals surface area contributed by atoms with Gasteiger partial charge >= 0.3 is 0 Å². The normalized spacial score (nSPS) is 22.4. The van der Waals surface area contributed by atoms with E-state index in [1.165, 1.54) is 0 Å². The molecule has 0 aromatic carbocycles. The fraction of sp³-hybridized carbons (Fsp3) is 0.900. The minimum Gasteiger partial charge on any atom is -0.382 e. The van der Waals surface area contributed by atoms with Gasteiger partial charge in [0.2, 0.25) is 5.91 Å². The fourth-order valence-corrected chi connectivity index (χ4v) is 1.62. The first-order chi connectivity index (χ1) is 7.19. The van der Waals surface area contributed by atoms with Crippen LogP contribution in [0.15, 0.2) is 0 Å². The zero-order valence-corrected chi connectivity index (χ0v) is 10.7. The molecule has 96 valence electrons. The number of halogens is 1. The number of amides is 1. The Balaban J connectivity index is 0.00000225. The lowest BCUT2D eigenvalue weighted by atomic mass is 10.1. The third-order valence-corrected chi connectivity index (χ3v) is 2.58. The second kappa shape index (κ2) is 7.84. The van der Waals surface area contributed by atoms with Crippen molar-refractivity contribution in [3.8, 4) is 0 Å². The van der Waals surface area contributed by atoms with Crippen LogP contribution in [0.1, 0.15) is 6.92 Å². The van der Waals surface area contributed by atoms with E-state index in [1.54, 1.807) is 7.11 Å². The molecule has 6 heteroatoms. The minimum absolute atomic E-state index is 0. The Kier molecular flexibility index (Phi) is 7.66. The molecule has 0 bridgehead atoms. The Hall–Kier alpha value is -0.360. The lowest BCUT2D eigenvalue weighted by Crippen LogP contribution is -2.49. The van der Waals surface area contributed by atoms with E-state index in [0.717, 1.165) is 0 Å². The summed E-state index contributed by atoms with van der Waals surface area (Å²) in [6.45, 7) is 4.62. The van der Waals surface area contributed by atoms with Crippen LogP contribution in [0.25, 0.3) is 0 Å². The SMILES string of the molecule is COCC1CN(C(=O)C(C)CN)CCO1.Cl. The maximum Gasteiger partial charge on any atom is 0.226 e. The predicted molar refractivity (Wildman–Crippen MR) is 63.7 cm³/mol. The molecule has 5 nitrogen and oxygen atoms in total. The molecule has 16 heavy (non-hydrogen) atoms. The van der Waals surface area contributed by atoms with Gasteiger partial charge in [-0.05, 0) is 0 Å². The van der Waals surface area contributed by atoms with Crippen LogP contribution in [0.2, 0.25) is 0 Å². The summed E-state index contributed by atoms with van der Waals surface area (Å²) in [6, 6.07) is 0. The first-order valence-electron chi connectivity index (χ1n) is 5.28. The molecule has 1 fully saturated rings. The van der Waals surface area contributed by atoms with Gasteiger partial charge in [0.25, 0.3) is 0 Å². The molecule has 1 aliphatic rings. The summed E-state index contributed by atoms with van der Waals surface area (Å²) in [5, 5.41) is 0. The molecule has 1 heterocycles. The van der Waals surface area contributed by atoms with E-state index in [2.05, 4.69) is 0 Å². The van der Waals surface area contributed by atoms with Crippen molar-refractivity contribution in [2.24, 2.45) is 11.7 Å². The minimum atomic E-state index is -0.105. The highest BCUT2D eigenvalue weighted by Crippen LogP contribution is 2.09. The van der Waals surface area contributed by atoms with Crippen LogP contribution in [0.3, 0.4) is 0 Å². The Labute approximate surface area is 103 Å². The van der Waals surface area contributed by atoms with Crippen molar-refractivity contribution < 1.29 is 14.3 Å². The molecule has 2 N–H and O–H groups in total. The molecule has 0 aromatic heterocycles. The van der Waals surface area contributed by atoms with Gasteiger partial charge in [-0.2, -0.15) is 0 Å². The number of carbonyl (C=O) groups excluding carboxylic acids is 1. The van der Waals surface area contributed by atoms with E-state index in [0.29, 0.717) is 32.8 Å². The molecule has 0 aromatic rings. The summed E-state index contributed by atoms with van der Waals surface area (Å²) in [6.07, 6.45) is -0.00215. The topological polar surface area (TPSA) is 64.8 Å². The maximum atomic E-state index is 11.8. The molecule has 1 rings (SSSR count). The van der Waals surface area contributed by atoms with Crippen LogP contribution in [-0.2, 0) is 14.3 Å². The quantitative estimate of drug-likeness (QED) is 0.758. The maximum absolute atomic E-state index is 11.8. The van der Waals surface area contributed by atoms with E-state index < -0.39 is 0 Å². The molecule has 2 unspecified atom stereocenters. The van der Waals surface area contributed by atoms with Gasteiger partial charge in [0.05, 0.1) is 19.3 Å². The van der Waals surface area contributed by atoms with Gasteiger partial charge in [-0.15, -0.1) is 12.4 Å². The Morgan fingerprint density at radius 3 is 2.94 bits per heavy atom.